The molecule has 0 aromatic heterocycles. The molecule has 0 aliphatic carbocycles. The van der Waals surface area contributed by atoms with E-state index in [-0.39, 0.29) is 11.2 Å². The predicted molar refractivity (Wildman–Crippen MR) is 64.9 cm³/mol. The summed E-state index contributed by atoms with van der Waals surface area (Å²) in [6.45, 7) is 9.82. The zero-order valence-electron chi connectivity index (χ0n) is 10.8. The zero-order chi connectivity index (χ0) is 12.5. The number of aryl methyl sites for hydroxylation is 2. The Labute approximate surface area is 97.3 Å². The van der Waals surface area contributed by atoms with E-state index in [2.05, 4.69) is 0 Å². The Bertz CT molecular complexity index is 354. The van der Waals surface area contributed by atoms with Crippen molar-refractivity contribution in [3.8, 4) is 0 Å². The summed E-state index contributed by atoms with van der Waals surface area (Å²) in [7, 11) is 0. The largest absolute Gasteiger partial charge is 0.388 e. The van der Waals surface area contributed by atoms with Crippen molar-refractivity contribution in [1.82, 2.24) is 0 Å². The van der Waals surface area contributed by atoms with Gasteiger partial charge in [0.05, 0.1) is 6.10 Å². The smallest absolute Gasteiger partial charge is 0.129 e. The van der Waals surface area contributed by atoms with Gasteiger partial charge in [0.25, 0.3) is 0 Å². The van der Waals surface area contributed by atoms with Gasteiger partial charge in [0.15, 0.2) is 0 Å². The van der Waals surface area contributed by atoms with Gasteiger partial charge in [-0.25, -0.2) is 4.39 Å². The number of rotatable bonds is 2. The SMILES string of the molecule is Cc1cc(C)c(C(O)CC(C)(C)C)c(F)c1. The van der Waals surface area contributed by atoms with Crippen LogP contribution in [0.5, 0.6) is 0 Å². The van der Waals surface area contributed by atoms with Crippen LogP contribution in [0.3, 0.4) is 0 Å². The van der Waals surface area contributed by atoms with E-state index in [4.69, 9.17) is 0 Å². The minimum Gasteiger partial charge on any atom is -0.388 e. The van der Waals surface area contributed by atoms with Crippen LogP contribution in [-0.4, -0.2) is 5.11 Å². The molecule has 0 aliphatic heterocycles. The van der Waals surface area contributed by atoms with Crippen LogP contribution < -0.4 is 0 Å². The van der Waals surface area contributed by atoms with Crippen LogP contribution in [0.15, 0.2) is 12.1 Å². The Morgan fingerprint density at radius 2 is 1.81 bits per heavy atom. The molecule has 90 valence electrons. The third-order valence-electron chi connectivity index (χ3n) is 2.62. The highest BCUT2D eigenvalue weighted by Crippen LogP contribution is 2.32. The molecule has 1 nitrogen and oxygen atoms in total. The maximum absolute atomic E-state index is 13.8. The Morgan fingerprint density at radius 3 is 2.25 bits per heavy atom. The van der Waals surface area contributed by atoms with E-state index in [9.17, 15) is 9.50 Å². The van der Waals surface area contributed by atoms with Crippen LogP contribution >= 0.6 is 0 Å². The molecule has 16 heavy (non-hydrogen) atoms. The van der Waals surface area contributed by atoms with Crippen molar-refractivity contribution in [2.45, 2.75) is 47.1 Å². The second-order valence-electron chi connectivity index (χ2n) is 5.76. The van der Waals surface area contributed by atoms with E-state index in [1.165, 1.54) is 6.07 Å². The van der Waals surface area contributed by atoms with Gasteiger partial charge in [-0.1, -0.05) is 26.8 Å². The van der Waals surface area contributed by atoms with E-state index in [0.29, 0.717) is 12.0 Å². The van der Waals surface area contributed by atoms with Gasteiger partial charge >= 0.3 is 0 Å². The standard InChI is InChI=1S/C14H21FO/c1-9-6-10(2)13(11(15)7-9)12(16)8-14(3,4)5/h6-7,12,16H,8H2,1-5H3. The van der Waals surface area contributed by atoms with Gasteiger partial charge in [0.2, 0.25) is 0 Å². The fourth-order valence-corrected chi connectivity index (χ4v) is 2.03. The molecule has 1 aromatic carbocycles. The second kappa shape index (κ2) is 4.54. The lowest BCUT2D eigenvalue weighted by Crippen LogP contribution is -2.14. The van der Waals surface area contributed by atoms with E-state index in [1.807, 2.05) is 40.7 Å². The molecule has 0 amide bonds. The molecule has 1 rings (SSSR count). The average Bonchev–Trinajstić information content (AvgIpc) is 1.96. The van der Waals surface area contributed by atoms with E-state index in [1.54, 1.807) is 0 Å². The highest BCUT2D eigenvalue weighted by molar-refractivity contribution is 5.33. The number of aliphatic hydroxyl groups excluding tert-OH is 1. The maximum atomic E-state index is 13.8. The molecule has 0 spiro atoms. The minimum absolute atomic E-state index is 0.0107. The van der Waals surface area contributed by atoms with E-state index < -0.39 is 6.10 Å². The summed E-state index contributed by atoms with van der Waals surface area (Å²) in [6, 6.07) is 3.39. The van der Waals surface area contributed by atoms with Crippen molar-refractivity contribution in [1.29, 1.82) is 0 Å². The Kier molecular flexibility index (Phi) is 3.74. The van der Waals surface area contributed by atoms with Crippen molar-refractivity contribution in [3.63, 3.8) is 0 Å². The van der Waals surface area contributed by atoms with Crippen molar-refractivity contribution >= 4 is 0 Å². The summed E-state index contributed by atoms with van der Waals surface area (Å²) in [4.78, 5) is 0. The number of aliphatic hydroxyl groups is 1. The molecule has 0 saturated carbocycles. The first-order valence-electron chi connectivity index (χ1n) is 5.65. The molecule has 0 bridgehead atoms. The fourth-order valence-electron chi connectivity index (χ4n) is 2.03. The molecule has 0 heterocycles. The molecular formula is C14H21FO. The third-order valence-corrected chi connectivity index (χ3v) is 2.62. The Hall–Kier alpha value is -0.890. The average molecular weight is 224 g/mol. The highest BCUT2D eigenvalue weighted by atomic mass is 19.1. The van der Waals surface area contributed by atoms with E-state index >= 15 is 0 Å². The summed E-state index contributed by atoms with van der Waals surface area (Å²) >= 11 is 0. The molecule has 1 atom stereocenters. The lowest BCUT2D eigenvalue weighted by Gasteiger charge is -2.24. The van der Waals surface area contributed by atoms with Gasteiger partial charge in [-0.15, -0.1) is 0 Å². The van der Waals surface area contributed by atoms with Gasteiger partial charge in [-0.3, -0.25) is 0 Å². The van der Waals surface area contributed by atoms with Gasteiger partial charge < -0.3 is 5.11 Å². The molecule has 0 saturated heterocycles. The zero-order valence-corrected chi connectivity index (χ0v) is 10.8. The van der Waals surface area contributed by atoms with Gasteiger partial charge in [-0.2, -0.15) is 0 Å². The summed E-state index contributed by atoms with van der Waals surface area (Å²) in [6.07, 6.45) is -0.158. The first-order chi connectivity index (χ1) is 7.20. The van der Waals surface area contributed by atoms with Crippen LogP contribution in [0.4, 0.5) is 4.39 Å². The molecular weight excluding hydrogens is 203 g/mol. The summed E-state index contributed by atoms with van der Waals surface area (Å²) < 4.78 is 13.8. The Morgan fingerprint density at radius 1 is 1.25 bits per heavy atom. The van der Waals surface area contributed by atoms with Crippen molar-refractivity contribution in [3.05, 3.63) is 34.6 Å². The van der Waals surface area contributed by atoms with Crippen molar-refractivity contribution in [2.24, 2.45) is 5.41 Å². The van der Waals surface area contributed by atoms with Gasteiger partial charge in [0, 0.05) is 5.56 Å². The molecule has 0 fully saturated rings. The van der Waals surface area contributed by atoms with Crippen molar-refractivity contribution < 1.29 is 9.50 Å². The predicted octanol–water partition coefficient (Wildman–Crippen LogP) is 3.91. The number of hydrogen-bond acceptors (Lipinski definition) is 1. The van der Waals surface area contributed by atoms with Crippen LogP contribution in [-0.2, 0) is 0 Å². The quantitative estimate of drug-likeness (QED) is 0.807. The second-order valence-corrected chi connectivity index (χ2v) is 5.76. The number of benzene rings is 1. The molecule has 0 aliphatic rings. The fraction of sp³-hybridized carbons (Fsp3) is 0.571. The summed E-state index contributed by atoms with van der Waals surface area (Å²) in [5.74, 6) is -0.297. The van der Waals surface area contributed by atoms with Crippen LogP contribution in [0.1, 0.15) is 50.0 Å². The van der Waals surface area contributed by atoms with Crippen molar-refractivity contribution in [2.75, 3.05) is 0 Å². The maximum Gasteiger partial charge on any atom is 0.129 e. The monoisotopic (exact) mass is 224 g/mol. The van der Waals surface area contributed by atoms with Gasteiger partial charge in [0.1, 0.15) is 5.82 Å². The number of hydrogen-bond donors (Lipinski definition) is 1. The minimum atomic E-state index is -0.722. The molecule has 1 unspecified atom stereocenters. The van der Waals surface area contributed by atoms with E-state index in [0.717, 1.165) is 11.1 Å². The van der Waals surface area contributed by atoms with Gasteiger partial charge in [-0.05, 0) is 42.9 Å². The molecule has 1 aromatic rings. The van der Waals surface area contributed by atoms with Crippen LogP contribution in [0.2, 0.25) is 0 Å². The summed E-state index contributed by atoms with van der Waals surface area (Å²) in [5, 5.41) is 10.1. The third kappa shape index (κ3) is 3.31. The molecule has 2 heteroatoms. The molecule has 0 radical (unpaired) electrons. The normalized spacial score (nSPS) is 13.9. The topological polar surface area (TPSA) is 20.2 Å². The van der Waals surface area contributed by atoms with Crippen LogP contribution in [0, 0.1) is 25.1 Å². The number of halogens is 1. The molecule has 1 N–H and O–H groups in total. The highest BCUT2D eigenvalue weighted by Gasteiger charge is 2.22. The van der Waals surface area contributed by atoms with Crippen LogP contribution in [0.25, 0.3) is 0 Å². The first kappa shape index (κ1) is 13.2. The Balaban J connectivity index is 3.04. The first-order valence-corrected chi connectivity index (χ1v) is 5.65. The lowest BCUT2D eigenvalue weighted by atomic mass is 9.85. The lowest BCUT2D eigenvalue weighted by molar-refractivity contribution is 0.118. The summed E-state index contributed by atoms with van der Waals surface area (Å²) in [5.41, 5.74) is 2.15.